The fraction of sp³-hybridized carbons (Fsp3) is 0.222. The van der Waals surface area contributed by atoms with Crippen molar-refractivity contribution in [3.63, 3.8) is 0 Å². The first-order chi connectivity index (χ1) is 10.6. The number of nitrogens with zero attached hydrogens (tertiary/aromatic N) is 1. The third kappa shape index (κ3) is 3.63. The highest BCUT2D eigenvalue weighted by atomic mass is 79.9. The van der Waals surface area contributed by atoms with Crippen LogP contribution in [0.15, 0.2) is 53.0 Å². The fourth-order valence-corrected chi connectivity index (χ4v) is 2.49. The van der Waals surface area contributed by atoms with E-state index in [-0.39, 0.29) is 11.7 Å². The quantitative estimate of drug-likeness (QED) is 0.751. The first kappa shape index (κ1) is 16.4. The van der Waals surface area contributed by atoms with Crippen LogP contribution in [0.2, 0.25) is 0 Å². The Morgan fingerprint density at radius 1 is 0.818 bits per heavy atom. The zero-order valence-electron chi connectivity index (χ0n) is 12.7. The molecule has 0 aliphatic heterocycles. The Morgan fingerprint density at radius 3 is 1.68 bits per heavy atom. The highest BCUT2D eigenvalue weighted by molar-refractivity contribution is 9.10. The van der Waals surface area contributed by atoms with Crippen LogP contribution in [0, 0.1) is 0 Å². The van der Waals surface area contributed by atoms with Gasteiger partial charge in [-0.1, -0.05) is 28.1 Å². The Balaban J connectivity index is 2.20. The molecule has 2 aromatic carbocycles. The number of halogens is 1. The summed E-state index contributed by atoms with van der Waals surface area (Å²) < 4.78 is 0.934. The van der Waals surface area contributed by atoms with E-state index in [1.165, 1.54) is 0 Å². The van der Waals surface area contributed by atoms with Crippen molar-refractivity contribution in [2.24, 2.45) is 0 Å². The van der Waals surface area contributed by atoms with Gasteiger partial charge >= 0.3 is 0 Å². The van der Waals surface area contributed by atoms with Crippen LogP contribution >= 0.6 is 15.9 Å². The maximum atomic E-state index is 12.4. The number of benzene rings is 2. The predicted molar refractivity (Wildman–Crippen MR) is 91.3 cm³/mol. The van der Waals surface area contributed by atoms with Gasteiger partial charge in [0.25, 0.3) is 5.91 Å². The molecule has 0 unspecified atom stereocenters. The van der Waals surface area contributed by atoms with Gasteiger partial charge < -0.3 is 4.90 Å². The Hall–Kier alpha value is -1.94. The van der Waals surface area contributed by atoms with Crippen LogP contribution in [-0.2, 0) is 0 Å². The van der Waals surface area contributed by atoms with Crippen molar-refractivity contribution >= 4 is 27.6 Å². The lowest BCUT2D eigenvalue weighted by molar-refractivity contribution is 0.0772. The van der Waals surface area contributed by atoms with Crippen LogP contribution in [0.25, 0.3) is 0 Å². The van der Waals surface area contributed by atoms with E-state index in [9.17, 15) is 9.59 Å². The molecule has 3 nitrogen and oxygen atoms in total. The van der Waals surface area contributed by atoms with E-state index in [1.54, 1.807) is 41.3 Å². The van der Waals surface area contributed by atoms with Crippen molar-refractivity contribution in [1.82, 2.24) is 4.90 Å². The second kappa shape index (κ2) is 7.36. The van der Waals surface area contributed by atoms with Gasteiger partial charge in [0, 0.05) is 34.3 Å². The topological polar surface area (TPSA) is 37.4 Å². The summed E-state index contributed by atoms with van der Waals surface area (Å²) >= 11 is 3.35. The van der Waals surface area contributed by atoms with Crippen molar-refractivity contribution in [3.05, 3.63) is 69.7 Å². The minimum atomic E-state index is -0.0469. The SMILES string of the molecule is CCN(CC)C(=O)c1ccc(C(=O)c2ccc(Br)cc2)cc1. The fourth-order valence-electron chi connectivity index (χ4n) is 2.23. The Morgan fingerprint density at radius 2 is 1.23 bits per heavy atom. The highest BCUT2D eigenvalue weighted by Crippen LogP contribution is 2.15. The number of ketones is 1. The maximum absolute atomic E-state index is 12.4. The van der Waals surface area contributed by atoms with Crippen LogP contribution < -0.4 is 0 Å². The number of carbonyl (C=O) groups is 2. The molecule has 0 aliphatic carbocycles. The monoisotopic (exact) mass is 359 g/mol. The molecule has 22 heavy (non-hydrogen) atoms. The molecule has 0 radical (unpaired) electrons. The molecule has 2 aromatic rings. The zero-order chi connectivity index (χ0) is 16.1. The Labute approximate surface area is 139 Å². The predicted octanol–water partition coefficient (Wildman–Crippen LogP) is 4.16. The number of hydrogen-bond donors (Lipinski definition) is 0. The van der Waals surface area contributed by atoms with Gasteiger partial charge in [0.1, 0.15) is 0 Å². The van der Waals surface area contributed by atoms with Crippen molar-refractivity contribution in [1.29, 1.82) is 0 Å². The summed E-state index contributed by atoms with van der Waals surface area (Å²) in [6.45, 7) is 5.25. The van der Waals surface area contributed by atoms with Crippen molar-refractivity contribution in [2.75, 3.05) is 13.1 Å². The van der Waals surface area contributed by atoms with E-state index in [2.05, 4.69) is 15.9 Å². The van der Waals surface area contributed by atoms with E-state index in [0.717, 1.165) is 4.47 Å². The molecule has 0 spiro atoms. The van der Waals surface area contributed by atoms with Gasteiger partial charge in [0.2, 0.25) is 0 Å². The summed E-state index contributed by atoms with van der Waals surface area (Å²) in [7, 11) is 0. The second-order valence-electron chi connectivity index (χ2n) is 4.89. The third-order valence-electron chi connectivity index (χ3n) is 3.55. The first-order valence-corrected chi connectivity index (χ1v) is 8.05. The largest absolute Gasteiger partial charge is 0.339 e. The molecule has 0 heterocycles. The summed E-state index contributed by atoms with van der Waals surface area (Å²) in [5, 5.41) is 0. The van der Waals surface area contributed by atoms with E-state index in [4.69, 9.17) is 0 Å². The van der Waals surface area contributed by atoms with Crippen molar-refractivity contribution in [2.45, 2.75) is 13.8 Å². The van der Waals surface area contributed by atoms with Crippen molar-refractivity contribution in [3.8, 4) is 0 Å². The average Bonchev–Trinajstić information content (AvgIpc) is 2.56. The number of carbonyl (C=O) groups excluding carboxylic acids is 2. The zero-order valence-corrected chi connectivity index (χ0v) is 14.3. The van der Waals surface area contributed by atoms with Crippen molar-refractivity contribution < 1.29 is 9.59 Å². The molecule has 0 aliphatic rings. The van der Waals surface area contributed by atoms with E-state index in [0.29, 0.717) is 29.8 Å². The molecule has 114 valence electrons. The lowest BCUT2D eigenvalue weighted by Crippen LogP contribution is -2.30. The molecule has 0 saturated carbocycles. The molecule has 0 atom stereocenters. The van der Waals surface area contributed by atoms with Crippen LogP contribution in [0.4, 0.5) is 0 Å². The number of amides is 1. The molecule has 2 rings (SSSR count). The maximum Gasteiger partial charge on any atom is 0.253 e. The van der Waals surface area contributed by atoms with Gasteiger partial charge in [-0.05, 0) is 50.2 Å². The van der Waals surface area contributed by atoms with Crippen LogP contribution in [0.5, 0.6) is 0 Å². The van der Waals surface area contributed by atoms with Crippen LogP contribution in [0.3, 0.4) is 0 Å². The summed E-state index contributed by atoms with van der Waals surface area (Å²) in [6, 6.07) is 14.1. The van der Waals surface area contributed by atoms with Gasteiger partial charge in [-0.15, -0.1) is 0 Å². The molecule has 4 heteroatoms. The molecular weight excluding hydrogens is 342 g/mol. The standard InChI is InChI=1S/C18H18BrNO2/c1-3-20(4-2)18(22)15-7-5-13(6-8-15)17(21)14-9-11-16(19)12-10-14/h5-12H,3-4H2,1-2H3. The summed E-state index contributed by atoms with van der Waals surface area (Å²) in [6.07, 6.45) is 0. The lowest BCUT2D eigenvalue weighted by Gasteiger charge is -2.18. The molecule has 0 saturated heterocycles. The summed E-state index contributed by atoms with van der Waals surface area (Å²) in [5.74, 6) is -0.0537. The van der Waals surface area contributed by atoms with Gasteiger partial charge in [-0.25, -0.2) is 0 Å². The second-order valence-corrected chi connectivity index (χ2v) is 5.81. The van der Waals surface area contributed by atoms with Gasteiger partial charge in [0.15, 0.2) is 5.78 Å². The third-order valence-corrected chi connectivity index (χ3v) is 4.08. The molecule has 1 amide bonds. The summed E-state index contributed by atoms with van der Waals surface area (Å²) in [4.78, 5) is 26.4. The normalized spacial score (nSPS) is 10.3. The van der Waals surface area contributed by atoms with Gasteiger partial charge in [-0.2, -0.15) is 0 Å². The minimum Gasteiger partial charge on any atom is -0.339 e. The van der Waals surface area contributed by atoms with E-state index < -0.39 is 0 Å². The van der Waals surface area contributed by atoms with E-state index >= 15 is 0 Å². The number of rotatable bonds is 5. The minimum absolute atomic E-state index is 0.00681. The van der Waals surface area contributed by atoms with Crippen LogP contribution in [-0.4, -0.2) is 29.7 Å². The average molecular weight is 360 g/mol. The smallest absolute Gasteiger partial charge is 0.253 e. The molecule has 0 bridgehead atoms. The molecule has 0 fully saturated rings. The first-order valence-electron chi connectivity index (χ1n) is 7.26. The van der Waals surface area contributed by atoms with E-state index in [1.807, 2.05) is 26.0 Å². The Kier molecular flexibility index (Phi) is 5.50. The van der Waals surface area contributed by atoms with Gasteiger partial charge in [0.05, 0.1) is 0 Å². The van der Waals surface area contributed by atoms with Crippen LogP contribution in [0.1, 0.15) is 40.1 Å². The Bertz CT molecular complexity index is 658. The molecule has 0 N–H and O–H groups in total. The molecule has 0 aromatic heterocycles. The summed E-state index contributed by atoms with van der Waals surface area (Å²) in [5.41, 5.74) is 1.82. The molecular formula is C18H18BrNO2. The number of hydrogen-bond acceptors (Lipinski definition) is 2. The highest BCUT2D eigenvalue weighted by Gasteiger charge is 2.14. The lowest BCUT2D eigenvalue weighted by atomic mass is 10.0. The van der Waals surface area contributed by atoms with Gasteiger partial charge in [-0.3, -0.25) is 9.59 Å².